The number of halogens is 1. The lowest BCUT2D eigenvalue weighted by Gasteiger charge is -2.12. The minimum atomic E-state index is -0.122. The molecule has 9 heteroatoms. The van der Waals surface area contributed by atoms with Crippen molar-refractivity contribution in [2.45, 2.75) is 25.6 Å². The monoisotopic (exact) mass is 508 g/mol. The molecule has 7 nitrogen and oxygen atoms in total. The first-order valence-electron chi connectivity index (χ1n) is 10.9. The molecule has 0 spiro atoms. The third-order valence-electron chi connectivity index (χ3n) is 5.05. The van der Waals surface area contributed by atoms with Crippen LogP contribution >= 0.6 is 23.4 Å². The van der Waals surface area contributed by atoms with Crippen molar-refractivity contribution in [3.05, 3.63) is 88.7 Å². The molecule has 1 aromatic heterocycles. The number of ether oxygens (including phenoxy) is 2. The van der Waals surface area contributed by atoms with Crippen LogP contribution in [0.4, 0.5) is 5.69 Å². The molecule has 1 heterocycles. The smallest absolute Gasteiger partial charge is 0.234 e. The van der Waals surface area contributed by atoms with Gasteiger partial charge in [0.1, 0.15) is 18.1 Å². The Labute approximate surface area is 213 Å². The SMILES string of the molecule is COc1ccc(-n2c(COc3ccc(Cl)cc3)nnc2SCC(=O)Nc2cc(C)cc(C)c2)cc1. The maximum absolute atomic E-state index is 12.6. The predicted molar refractivity (Wildman–Crippen MR) is 139 cm³/mol. The van der Waals surface area contributed by atoms with Gasteiger partial charge in [0.2, 0.25) is 5.91 Å². The number of carbonyl (C=O) groups is 1. The molecule has 0 radical (unpaired) electrons. The van der Waals surface area contributed by atoms with Crippen LogP contribution in [0.1, 0.15) is 17.0 Å². The van der Waals surface area contributed by atoms with Gasteiger partial charge in [0.05, 0.1) is 12.9 Å². The van der Waals surface area contributed by atoms with Crippen LogP contribution in [0.2, 0.25) is 5.02 Å². The third kappa shape index (κ3) is 6.55. The van der Waals surface area contributed by atoms with Gasteiger partial charge in [-0.05, 0) is 85.6 Å². The van der Waals surface area contributed by atoms with Crippen molar-refractivity contribution < 1.29 is 14.3 Å². The number of hydrogen-bond acceptors (Lipinski definition) is 6. The van der Waals surface area contributed by atoms with E-state index in [2.05, 4.69) is 21.6 Å². The first-order chi connectivity index (χ1) is 16.9. The summed E-state index contributed by atoms with van der Waals surface area (Å²) in [6.45, 7) is 4.20. The fourth-order valence-electron chi connectivity index (χ4n) is 3.53. The normalized spacial score (nSPS) is 10.7. The molecule has 180 valence electrons. The summed E-state index contributed by atoms with van der Waals surface area (Å²) >= 11 is 7.27. The van der Waals surface area contributed by atoms with Crippen LogP contribution < -0.4 is 14.8 Å². The highest BCUT2D eigenvalue weighted by atomic mass is 35.5. The van der Waals surface area contributed by atoms with Crippen molar-refractivity contribution in [3.8, 4) is 17.2 Å². The summed E-state index contributed by atoms with van der Waals surface area (Å²) in [6.07, 6.45) is 0. The predicted octanol–water partition coefficient (Wildman–Crippen LogP) is 5.86. The molecule has 0 bridgehead atoms. The summed E-state index contributed by atoms with van der Waals surface area (Å²) < 4.78 is 13.1. The average Bonchev–Trinajstić information content (AvgIpc) is 3.24. The van der Waals surface area contributed by atoms with E-state index in [1.54, 1.807) is 31.4 Å². The molecule has 1 N–H and O–H groups in total. The fourth-order valence-corrected chi connectivity index (χ4v) is 4.43. The molecule has 0 atom stereocenters. The Bertz CT molecular complexity index is 1290. The molecule has 0 unspecified atom stereocenters. The Balaban J connectivity index is 1.52. The summed E-state index contributed by atoms with van der Waals surface area (Å²) in [5, 5.41) is 12.8. The maximum Gasteiger partial charge on any atom is 0.234 e. The van der Waals surface area contributed by atoms with Crippen molar-refractivity contribution in [3.63, 3.8) is 0 Å². The summed E-state index contributed by atoms with van der Waals surface area (Å²) in [7, 11) is 1.62. The highest BCUT2D eigenvalue weighted by Gasteiger charge is 2.17. The zero-order chi connectivity index (χ0) is 24.8. The molecular weight excluding hydrogens is 484 g/mol. The van der Waals surface area contributed by atoms with Crippen LogP contribution in [0.15, 0.2) is 71.9 Å². The van der Waals surface area contributed by atoms with Crippen molar-refractivity contribution in [1.82, 2.24) is 14.8 Å². The van der Waals surface area contributed by atoms with E-state index in [1.807, 2.05) is 54.8 Å². The summed E-state index contributed by atoms with van der Waals surface area (Å²) in [5.74, 6) is 2.06. The number of anilines is 1. The highest BCUT2D eigenvalue weighted by molar-refractivity contribution is 7.99. The number of nitrogens with zero attached hydrogens (tertiary/aromatic N) is 3. The molecule has 3 aromatic carbocycles. The molecule has 4 aromatic rings. The van der Waals surface area contributed by atoms with Crippen LogP contribution in [-0.4, -0.2) is 33.5 Å². The average molecular weight is 509 g/mol. The minimum absolute atomic E-state index is 0.122. The van der Waals surface area contributed by atoms with E-state index in [0.717, 1.165) is 28.3 Å². The van der Waals surface area contributed by atoms with E-state index in [4.69, 9.17) is 21.1 Å². The van der Waals surface area contributed by atoms with Crippen LogP contribution in [0, 0.1) is 13.8 Å². The fraction of sp³-hybridized carbons (Fsp3) is 0.192. The van der Waals surface area contributed by atoms with Crippen LogP contribution in [0.25, 0.3) is 5.69 Å². The summed E-state index contributed by atoms with van der Waals surface area (Å²) in [5.41, 5.74) is 3.81. The lowest BCUT2D eigenvalue weighted by Crippen LogP contribution is -2.15. The van der Waals surface area contributed by atoms with Crippen molar-refractivity contribution >= 4 is 35.0 Å². The van der Waals surface area contributed by atoms with Gasteiger partial charge in [0.25, 0.3) is 0 Å². The Morgan fingerprint density at radius 3 is 2.29 bits per heavy atom. The molecule has 0 aliphatic carbocycles. The summed E-state index contributed by atoms with van der Waals surface area (Å²) in [4.78, 5) is 12.6. The highest BCUT2D eigenvalue weighted by Crippen LogP contribution is 2.25. The van der Waals surface area contributed by atoms with E-state index in [-0.39, 0.29) is 18.3 Å². The largest absolute Gasteiger partial charge is 0.497 e. The number of hydrogen-bond donors (Lipinski definition) is 1. The number of thioether (sulfide) groups is 1. The number of methoxy groups -OCH3 is 1. The van der Waals surface area contributed by atoms with Gasteiger partial charge >= 0.3 is 0 Å². The first-order valence-corrected chi connectivity index (χ1v) is 12.3. The number of rotatable bonds is 9. The maximum atomic E-state index is 12.6. The van der Waals surface area contributed by atoms with E-state index >= 15 is 0 Å². The van der Waals surface area contributed by atoms with Crippen LogP contribution in [0.5, 0.6) is 11.5 Å². The number of carbonyl (C=O) groups excluding carboxylic acids is 1. The molecule has 0 fully saturated rings. The van der Waals surface area contributed by atoms with Gasteiger partial charge in [-0.1, -0.05) is 29.4 Å². The number of nitrogens with one attached hydrogen (secondary N) is 1. The van der Waals surface area contributed by atoms with E-state index in [9.17, 15) is 4.79 Å². The molecule has 0 saturated carbocycles. The van der Waals surface area contributed by atoms with E-state index in [0.29, 0.717) is 21.8 Å². The van der Waals surface area contributed by atoms with Gasteiger partial charge in [-0.25, -0.2) is 0 Å². The first kappa shape index (κ1) is 24.6. The summed E-state index contributed by atoms with van der Waals surface area (Å²) in [6, 6.07) is 20.6. The Morgan fingerprint density at radius 2 is 1.63 bits per heavy atom. The van der Waals surface area contributed by atoms with Crippen molar-refractivity contribution in [2.75, 3.05) is 18.2 Å². The number of benzene rings is 3. The molecule has 1 amide bonds. The van der Waals surface area contributed by atoms with Gasteiger partial charge in [0.15, 0.2) is 11.0 Å². The molecule has 0 aliphatic rings. The van der Waals surface area contributed by atoms with Crippen molar-refractivity contribution in [2.24, 2.45) is 0 Å². The van der Waals surface area contributed by atoms with Gasteiger partial charge in [-0.3, -0.25) is 9.36 Å². The zero-order valence-corrected chi connectivity index (χ0v) is 21.2. The van der Waals surface area contributed by atoms with E-state index in [1.165, 1.54) is 11.8 Å². The second-order valence-electron chi connectivity index (χ2n) is 7.89. The third-order valence-corrected chi connectivity index (χ3v) is 6.23. The standard InChI is InChI=1S/C26H25ClN4O3S/c1-17-12-18(2)14-20(13-17)28-25(32)16-35-26-30-29-24(15-34-23-8-4-19(27)5-9-23)31(26)21-6-10-22(33-3)11-7-21/h4-14H,15-16H2,1-3H3,(H,28,32). The lowest BCUT2D eigenvalue weighted by atomic mass is 10.1. The minimum Gasteiger partial charge on any atom is -0.497 e. The molecule has 0 saturated heterocycles. The number of aryl methyl sites for hydroxylation is 2. The van der Waals surface area contributed by atoms with Gasteiger partial charge in [-0.15, -0.1) is 10.2 Å². The zero-order valence-electron chi connectivity index (χ0n) is 19.6. The van der Waals surface area contributed by atoms with Gasteiger partial charge in [0, 0.05) is 16.4 Å². The molecule has 35 heavy (non-hydrogen) atoms. The lowest BCUT2D eigenvalue weighted by molar-refractivity contribution is -0.113. The van der Waals surface area contributed by atoms with E-state index < -0.39 is 0 Å². The molecule has 4 rings (SSSR count). The quantitative estimate of drug-likeness (QED) is 0.285. The number of aromatic nitrogens is 3. The molecule has 0 aliphatic heterocycles. The van der Waals surface area contributed by atoms with Crippen LogP contribution in [0.3, 0.4) is 0 Å². The second-order valence-corrected chi connectivity index (χ2v) is 9.27. The van der Waals surface area contributed by atoms with Gasteiger partial charge < -0.3 is 14.8 Å². The molecular formula is C26H25ClN4O3S. The van der Waals surface area contributed by atoms with Crippen molar-refractivity contribution in [1.29, 1.82) is 0 Å². The van der Waals surface area contributed by atoms with Gasteiger partial charge in [-0.2, -0.15) is 0 Å². The number of amides is 1. The Morgan fingerprint density at radius 1 is 0.971 bits per heavy atom. The van der Waals surface area contributed by atoms with Crippen LogP contribution in [-0.2, 0) is 11.4 Å². The second kappa shape index (κ2) is 11.3. The topological polar surface area (TPSA) is 78.3 Å². The Kier molecular flexibility index (Phi) is 7.94. The Hall–Kier alpha value is -3.49.